The summed E-state index contributed by atoms with van der Waals surface area (Å²) in [6.45, 7) is 7.85. The molecule has 1 atom stereocenters. The molecule has 0 bridgehead atoms. The number of aliphatic hydroxyl groups is 1. The van der Waals surface area contributed by atoms with E-state index in [1.54, 1.807) is 0 Å². The van der Waals surface area contributed by atoms with Gasteiger partial charge in [0, 0.05) is 12.0 Å². The van der Waals surface area contributed by atoms with E-state index in [0.717, 1.165) is 30.7 Å². The third-order valence-corrected chi connectivity index (χ3v) is 3.16. The molecule has 2 N–H and O–H groups in total. The standard InChI is InChI=1S/C15H25NO2/c1-4-10-16-15(3,12-17)9-11-18-14-8-6-5-7-13(14)2/h5-8,16-17H,4,9-12H2,1-3H3. The van der Waals surface area contributed by atoms with Gasteiger partial charge in [-0.1, -0.05) is 25.1 Å². The molecule has 3 nitrogen and oxygen atoms in total. The van der Waals surface area contributed by atoms with Gasteiger partial charge in [0.05, 0.1) is 13.2 Å². The van der Waals surface area contributed by atoms with Gasteiger partial charge >= 0.3 is 0 Å². The molecule has 0 saturated carbocycles. The van der Waals surface area contributed by atoms with Gasteiger partial charge in [-0.2, -0.15) is 0 Å². The van der Waals surface area contributed by atoms with Gasteiger partial charge in [-0.15, -0.1) is 0 Å². The van der Waals surface area contributed by atoms with Crippen LogP contribution in [0.25, 0.3) is 0 Å². The van der Waals surface area contributed by atoms with Crippen molar-refractivity contribution in [2.45, 2.75) is 39.2 Å². The van der Waals surface area contributed by atoms with Gasteiger partial charge < -0.3 is 15.2 Å². The maximum Gasteiger partial charge on any atom is 0.122 e. The molecule has 3 heteroatoms. The minimum absolute atomic E-state index is 0.129. The SMILES string of the molecule is CCCNC(C)(CO)CCOc1ccccc1C. The first kappa shape index (κ1) is 15.0. The molecule has 0 aliphatic carbocycles. The number of hydrogen-bond acceptors (Lipinski definition) is 3. The third-order valence-electron chi connectivity index (χ3n) is 3.16. The number of aliphatic hydroxyl groups excluding tert-OH is 1. The number of hydrogen-bond donors (Lipinski definition) is 2. The second-order valence-electron chi connectivity index (χ2n) is 5.01. The molecular weight excluding hydrogens is 226 g/mol. The Morgan fingerprint density at radius 3 is 2.67 bits per heavy atom. The topological polar surface area (TPSA) is 41.5 Å². The Morgan fingerprint density at radius 2 is 2.06 bits per heavy atom. The Morgan fingerprint density at radius 1 is 1.33 bits per heavy atom. The zero-order valence-electron chi connectivity index (χ0n) is 11.7. The van der Waals surface area contributed by atoms with Gasteiger partial charge in [0.2, 0.25) is 0 Å². The normalized spacial score (nSPS) is 14.2. The van der Waals surface area contributed by atoms with Crippen molar-refractivity contribution in [3.63, 3.8) is 0 Å². The van der Waals surface area contributed by atoms with Crippen molar-refractivity contribution in [2.75, 3.05) is 19.8 Å². The van der Waals surface area contributed by atoms with Crippen LogP contribution in [0.3, 0.4) is 0 Å². The molecular formula is C15H25NO2. The highest BCUT2D eigenvalue weighted by atomic mass is 16.5. The molecule has 102 valence electrons. The van der Waals surface area contributed by atoms with Crippen LogP contribution in [0.2, 0.25) is 0 Å². The van der Waals surface area contributed by atoms with Crippen LogP contribution >= 0.6 is 0 Å². The zero-order chi connectivity index (χ0) is 13.4. The first-order chi connectivity index (χ1) is 8.61. The Balaban J connectivity index is 2.42. The lowest BCUT2D eigenvalue weighted by Gasteiger charge is -2.28. The van der Waals surface area contributed by atoms with Crippen LogP contribution in [0.1, 0.15) is 32.3 Å². The Bertz CT molecular complexity index is 354. The molecule has 0 aliphatic rings. The van der Waals surface area contributed by atoms with Crippen LogP contribution in [0, 0.1) is 6.92 Å². The highest BCUT2D eigenvalue weighted by Crippen LogP contribution is 2.17. The molecule has 1 unspecified atom stereocenters. The maximum atomic E-state index is 9.45. The second-order valence-corrected chi connectivity index (χ2v) is 5.01. The van der Waals surface area contributed by atoms with Crippen LogP contribution in [0.5, 0.6) is 5.75 Å². The fourth-order valence-corrected chi connectivity index (χ4v) is 1.75. The van der Waals surface area contributed by atoms with Crippen LogP contribution in [0.4, 0.5) is 0 Å². The van der Waals surface area contributed by atoms with Gasteiger partial charge in [0.1, 0.15) is 5.75 Å². The predicted molar refractivity (Wildman–Crippen MR) is 75.1 cm³/mol. The molecule has 0 saturated heterocycles. The van der Waals surface area contributed by atoms with Crippen LogP contribution < -0.4 is 10.1 Å². The molecule has 1 rings (SSSR count). The van der Waals surface area contributed by atoms with E-state index in [9.17, 15) is 5.11 Å². The molecule has 1 aromatic carbocycles. The van der Waals surface area contributed by atoms with Gasteiger partial charge in [-0.3, -0.25) is 0 Å². The van der Waals surface area contributed by atoms with Crippen molar-refractivity contribution in [3.05, 3.63) is 29.8 Å². The van der Waals surface area contributed by atoms with E-state index >= 15 is 0 Å². The van der Waals surface area contributed by atoms with Gasteiger partial charge in [-0.25, -0.2) is 0 Å². The molecule has 0 radical (unpaired) electrons. The lowest BCUT2D eigenvalue weighted by molar-refractivity contribution is 0.144. The van der Waals surface area contributed by atoms with E-state index in [1.165, 1.54) is 0 Å². The first-order valence-corrected chi connectivity index (χ1v) is 6.65. The molecule has 0 fully saturated rings. The predicted octanol–water partition coefficient (Wildman–Crippen LogP) is 2.51. The summed E-state index contributed by atoms with van der Waals surface area (Å²) >= 11 is 0. The molecule has 0 aromatic heterocycles. The van der Waals surface area contributed by atoms with Crippen molar-refractivity contribution in [3.8, 4) is 5.75 Å². The van der Waals surface area contributed by atoms with Crippen molar-refractivity contribution in [1.82, 2.24) is 5.32 Å². The van der Waals surface area contributed by atoms with E-state index < -0.39 is 0 Å². The average molecular weight is 251 g/mol. The van der Waals surface area contributed by atoms with E-state index in [0.29, 0.717) is 6.61 Å². The highest BCUT2D eigenvalue weighted by Gasteiger charge is 2.22. The fraction of sp³-hybridized carbons (Fsp3) is 0.600. The summed E-state index contributed by atoms with van der Waals surface area (Å²) in [7, 11) is 0. The van der Waals surface area contributed by atoms with Gasteiger partial charge in [0.25, 0.3) is 0 Å². The molecule has 0 spiro atoms. The number of rotatable bonds is 8. The Labute approximate surface area is 110 Å². The average Bonchev–Trinajstić information content (AvgIpc) is 2.39. The second kappa shape index (κ2) is 7.39. The van der Waals surface area contributed by atoms with E-state index in [2.05, 4.69) is 12.2 Å². The van der Waals surface area contributed by atoms with Gasteiger partial charge in [-0.05, 0) is 38.4 Å². The smallest absolute Gasteiger partial charge is 0.122 e. The summed E-state index contributed by atoms with van der Waals surface area (Å²) in [5.41, 5.74) is 0.892. The van der Waals surface area contributed by atoms with E-state index in [1.807, 2.05) is 38.1 Å². The number of aryl methyl sites for hydroxylation is 1. The summed E-state index contributed by atoms with van der Waals surface area (Å²) in [5.74, 6) is 0.924. The minimum atomic E-state index is -0.251. The quantitative estimate of drug-likeness (QED) is 0.746. The summed E-state index contributed by atoms with van der Waals surface area (Å²) in [4.78, 5) is 0. The number of nitrogens with one attached hydrogen (secondary N) is 1. The summed E-state index contributed by atoms with van der Waals surface area (Å²) in [6, 6.07) is 7.99. The Hall–Kier alpha value is -1.06. The Kier molecular flexibility index (Phi) is 6.16. The monoisotopic (exact) mass is 251 g/mol. The first-order valence-electron chi connectivity index (χ1n) is 6.65. The van der Waals surface area contributed by atoms with Crippen molar-refractivity contribution >= 4 is 0 Å². The van der Waals surface area contributed by atoms with Crippen LogP contribution in [-0.4, -0.2) is 30.4 Å². The zero-order valence-corrected chi connectivity index (χ0v) is 11.7. The fourth-order valence-electron chi connectivity index (χ4n) is 1.75. The number of para-hydroxylation sites is 1. The summed E-state index contributed by atoms with van der Waals surface area (Å²) < 4.78 is 5.76. The highest BCUT2D eigenvalue weighted by molar-refractivity contribution is 5.31. The minimum Gasteiger partial charge on any atom is -0.493 e. The summed E-state index contributed by atoms with van der Waals surface area (Å²) in [5, 5.41) is 12.8. The third kappa shape index (κ3) is 4.67. The van der Waals surface area contributed by atoms with E-state index in [4.69, 9.17) is 4.74 Å². The maximum absolute atomic E-state index is 9.45. The van der Waals surface area contributed by atoms with Crippen molar-refractivity contribution in [2.24, 2.45) is 0 Å². The van der Waals surface area contributed by atoms with Crippen LogP contribution in [-0.2, 0) is 0 Å². The largest absolute Gasteiger partial charge is 0.493 e. The summed E-state index contributed by atoms with van der Waals surface area (Å²) in [6.07, 6.45) is 1.85. The lowest BCUT2D eigenvalue weighted by Crippen LogP contribution is -2.47. The molecule has 0 heterocycles. The van der Waals surface area contributed by atoms with Crippen molar-refractivity contribution in [1.29, 1.82) is 0 Å². The molecule has 0 amide bonds. The van der Waals surface area contributed by atoms with Crippen molar-refractivity contribution < 1.29 is 9.84 Å². The number of ether oxygens (including phenoxy) is 1. The molecule has 0 aliphatic heterocycles. The number of benzene rings is 1. The molecule has 18 heavy (non-hydrogen) atoms. The van der Waals surface area contributed by atoms with Gasteiger partial charge in [0.15, 0.2) is 0 Å². The van der Waals surface area contributed by atoms with Crippen LogP contribution in [0.15, 0.2) is 24.3 Å². The van der Waals surface area contributed by atoms with E-state index in [-0.39, 0.29) is 12.1 Å². The lowest BCUT2D eigenvalue weighted by atomic mass is 9.99. The molecule has 1 aromatic rings.